The van der Waals surface area contributed by atoms with Crippen LogP contribution in [0.2, 0.25) is 0 Å². The molecule has 0 aliphatic carbocycles. The van der Waals surface area contributed by atoms with E-state index in [4.69, 9.17) is 4.74 Å². The lowest BCUT2D eigenvalue weighted by atomic mass is 9.91. The van der Waals surface area contributed by atoms with E-state index in [0.717, 1.165) is 38.9 Å². The molecule has 0 aliphatic heterocycles. The number of hydrogen-bond acceptors (Lipinski definition) is 3. The molecule has 112 valence electrons. The predicted octanol–water partition coefficient (Wildman–Crippen LogP) is 4.03. The molecule has 0 aromatic rings. The van der Waals surface area contributed by atoms with Gasteiger partial charge in [-0.05, 0) is 39.5 Å². The summed E-state index contributed by atoms with van der Waals surface area (Å²) < 4.78 is 5.63. The molecular weight excluding hydrogens is 236 g/mol. The number of nitriles is 1. The maximum atomic E-state index is 9.37. The van der Waals surface area contributed by atoms with Crippen LogP contribution in [0, 0.1) is 11.3 Å². The second-order valence-corrected chi connectivity index (χ2v) is 5.62. The van der Waals surface area contributed by atoms with Gasteiger partial charge in [0.15, 0.2) is 0 Å². The first kappa shape index (κ1) is 18.4. The van der Waals surface area contributed by atoms with Crippen LogP contribution < -0.4 is 5.32 Å². The van der Waals surface area contributed by atoms with Gasteiger partial charge in [0.1, 0.15) is 5.54 Å². The Morgan fingerprint density at radius 1 is 1.11 bits per heavy atom. The number of ether oxygens (including phenoxy) is 1. The zero-order valence-electron chi connectivity index (χ0n) is 13.3. The summed E-state index contributed by atoms with van der Waals surface area (Å²) in [6.07, 6.45) is 7.66. The number of rotatable bonds is 12. The summed E-state index contributed by atoms with van der Waals surface area (Å²) in [5.74, 6) is 0. The van der Waals surface area contributed by atoms with Crippen LogP contribution in [-0.4, -0.2) is 24.8 Å². The van der Waals surface area contributed by atoms with E-state index in [1.165, 1.54) is 19.3 Å². The van der Waals surface area contributed by atoms with Gasteiger partial charge in [-0.25, -0.2) is 0 Å². The summed E-state index contributed by atoms with van der Waals surface area (Å²) in [6.45, 7) is 10.1. The Morgan fingerprint density at radius 3 is 2.32 bits per heavy atom. The largest absolute Gasteiger partial charge is 0.381 e. The summed E-state index contributed by atoms with van der Waals surface area (Å²) in [5.41, 5.74) is -0.375. The highest BCUT2D eigenvalue weighted by atomic mass is 16.5. The Kier molecular flexibility index (Phi) is 10.9. The molecule has 0 saturated carbocycles. The molecule has 0 aliphatic rings. The summed E-state index contributed by atoms with van der Waals surface area (Å²) >= 11 is 0. The Bertz CT molecular complexity index is 248. The smallest absolute Gasteiger partial charge is 0.106 e. The number of nitrogens with zero attached hydrogens (tertiary/aromatic N) is 1. The van der Waals surface area contributed by atoms with E-state index in [9.17, 15) is 5.26 Å². The molecule has 0 heterocycles. The van der Waals surface area contributed by atoms with Crippen molar-refractivity contribution in [3.05, 3.63) is 0 Å². The zero-order valence-corrected chi connectivity index (χ0v) is 13.3. The first-order chi connectivity index (χ1) is 9.10. The van der Waals surface area contributed by atoms with Crippen molar-refractivity contribution in [1.29, 1.82) is 5.26 Å². The lowest BCUT2D eigenvalue weighted by molar-refractivity contribution is 0.120. The molecule has 3 nitrogen and oxygen atoms in total. The minimum absolute atomic E-state index is 0.342. The van der Waals surface area contributed by atoms with Crippen LogP contribution in [0.3, 0.4) is 0 Å². The van der Waals surface area contributed by atoms with Crippen molar-refractivity contribution < 1.29 is 4.74 Å². The summed E-state index contributed by atoms with van der Waals surface area (Å²) in [7, 11) is 0. The van der Waals surface area contributed by atoms with Crippen molar-refractivity contribution in [1.82, 2.24) is 5.32 Å². The van der Waals surface area contributed by atoms with E-state index in [2.05, 4.69) is 39.1 Å². The molecule has 0 bridgehead atoms. The molecule has 0 aromatic heterocycles. The fourth-order valence-corrected chi connectivity index (χ4v) is 2.28. The minimum atomic E-state index is -0.375. The Labute approximate surface area is 119 Å². The molecule has 19 heavy (non-hydrogen) atoms. The van der Waals surface area contributed by atoms with Crippen LogP contribution in [0.4, 0.5) is 0 Å². The van der Waals surface area contributed by atoms with Gasteiger partial charge in [-0.2, -0.15) is 5.26 Å². The topological polar surface area (TPSA) is 45.0 Å². The first-order valence-corrected chi connectivity index (χ1v) is 7.87. The van der Waals surface area contributed by atoms with Crippen molar-refractivity contribution in [3.63, 3.8) is 0 Å². The lowest BCUT2D eigenvalue weighted by Crippen LogP contribution is -2.47. The van der Waals surface area contributed by atoms with E-state index in [-0.39, 0.29) is 5.54 Å². The Balaban J connectivity index is 3.74. The zero-order chi connectivity index (χ0) is 14.6. The quantitative estimate of drug-likeness (QED) is 0.543. The highest BCUT2D eigenvalue weighted by Crippen LogP contribution is 2.17. The van der Waals surface area contributed by atoms with Crippen molar-refractivity contribution in [3.8, 4) is 6.07 Å². The van der Waals surface area contributed by atoms with Crippen LogP contribution in [-0.2, 0) is 4.74 Å². The van der Waals surface area contributed by atoms with E-state index < -0.39 is 0 Å². The number of hydrogen-bond donors (Lipinski definition) is 1. The molecule has 0 amide bonds. The maximum absolute atomic E-state index is 9.37. The minimum Gasteiger partial charge on any atom is -0.381 e. The van der Waals surface area contributed by atoms with Crippen LogP contribution in [0.15, 0.2) is 0 Å². The van der Waals surface area contributed by atoms with E-state index in [1.54, 1.807) is 0 Å². The predicted molar refractivity (Wildman–Crippen MR) is 81.1 cm³/mol. The molecule has 1 atom stereocenters. The second kappa shape index (κ2) is 11.3. The Morgan fingerprint density at radius 2 is 1.79 bits per heavy atom. The van der Waals surface area contributed by atoms with Gasteiger partial charge in [-0.1, -0.05) is 33.1 Å². The monoisotopic (exact) mass is 268 g/mol. The van der Waals surface area contributed by atoms with Crippen molar-refractivity contribution in [2.24, 2.45) is 0 Å². The van der Waals surface area contributed by atoms with Gasteiger partial charge in [0, 0.05) is 19.3 Å². The van der Waals surface area contributed by atoms with Gasteiger partial charge in [0.25, 0.3) is 0 Å². The molecule has 0 radical (unpaired) electrons. The summed E-state index contributed by atoms with van der Waals surface area (Å²) in [5, 5.41) is 12.8. The normalized spacial score (nSPS) is 14.3. The molecule has 3 heteroatoms. The highest BCUT2D eigenvalue weighted by molar-refractivity contribution is 5.06. The van der Waals surface area contributed by atoms with Crippen molar-refractivity contribution in [2.75, 3.05) is 13.2 Å². The standard InChI is InChI=1S/C16H32N2O/c1-5-7-8-9-12-19-13-10-11-16(6-2,14-17)18-15(3)4/h15,18H,5-13H2,1-4H3. The average Bonchev–Trinajstić information content (AvgIpc) is 2.40. The molecular formula is C16H32N2O. The molecule has 0 rings (SSSR count). The van der Waals surface area contributed by atoms with Crippen molar-refractivity contribution in [2.45, 2.75) is 84.2 Å². The maximum Gasteiger partial charge on any atom is 0.106 e. The SMILES string of the molecule is CCCCCCOCCCC(C#N)(CC)NC(C)C. The fourth-order valence-electron chi connectivity index (χ4n) is 2.28. The fraction of sp³-hybridized carbons (Fsp3) is 0.938. The molecule has 1 N–H and O–H groups in total. The molecule has 0 aromatic carbocycles. The summed E-state index contributed by atoms with van der Waals surface area (Å²) in [4.78, 5) is 0. The average molecular weight is 268 g/mol. The number of nitrogens with one attached hydrogen (secondary N) is 1. The Hall–Kier alpha value is -0.590. The van der Waals surface area contributed by atoms with Gasteiger partial charge in [0.2, 0.25) is 0 Å². The van der Waals surface area contributed by atoms with Crippen LogP contribution in [0.5, 0.6) is 0 Å². The highest BCUT2D eigenvalue weighted by Gasteiger charge is 2.27. The van der Waals surface area contributed by atoms with E-state index >= 15 is 0 Å². The lowest BCUT2D eigenvalue weighted by Gasteiger charge is -2.29. The first-order valence-electron chi connectivity index (χ1n) is 7.87. The molecule has 0 fully saturated rings. The van der Waals surface area contributed by atoms with Crippen LogP contribution >= 0.6 is 0 Å². The van der Waals surface area contributed by atoms with E-state index in [0.29, 0.717) is 6.04 Å². The second-order valence-electron chi connectivity index (χ2n) is 5.62. The van der Waals surface area contributed by atoms with Gasteiger partial charge >= 0.3 is 0 Å². The van der Waals surface area contributed by atoms with Gasteiger partial charge in [-0.15, -0.1) is 0 Å². The van der Waals surface area contributed by atoms with Crippen molar-refractivity contribution >= 4 is 0 Å². The summed E-state index contributed by atoms with van der Waals surface area (Å²) in [6, 6.07) is 2.79. The van der Waals surface area contributed by atoms with Gasteiger partial charge in [0.05, 0.1) is 6.07 Å². The van der Waals surface area contributed by atoms with Crippen LogP contribution in [0.1, 0.15) is 72.6 Å². The number of unbranched alkanes of at least 4 members (excludes halogenated alkanes) is 3. The van der Waals surface area contributed by atoms with Gasteiger partial charge in [-0.3, -0.25) is 5.32 Å². The van der Waals surface area contributed by atoms with E-state index in [1.807, 2.05) is 0 Å². The van der Waals surface area contributed by atoms with Crippen LogP contribution in [0.25, 0.3) is 0 Å². The third kappa shape index (κ3) is 9.02. The molecule has 1 unspecified atom stereocenters. The van der Waals surface area contributed by atoms with Gasteiger partial charge < -0.3 is 4.74 Å². The molecule has 0 spiro atoms. The third-order valence-corrected chi connectivity index (χ3v) is 3.42. The molecule has 0 saturated heterocycles. The third-order valence-electron chi connectivity index (χ3n) is 3.42.